The molecule has 0 bridgehead atoms. The molecule has 1 aliphatic rings. The number of thiophene rings is 1. The van der Waals surface area contributed by atoms with Crippen LogP contribution in [-0.2, 0) is 10.0 Å². The lowest BCUT2D eigenvalue weighted by atomic mass is 10.1. The number of hydrogen-bond donors (Lipinski definition) is 2. The minimum atomic E-state index is -3.69. The van der Waals surface area contributed by atoms with Crippen LogP contribution in [0.3, 0.4) is 0 Å². The maximum Gasteiger partial charge on any atom is 0.323 e. The Balaban J connectivity index is 1.28. The minimum Gasteiger partial charge on any atom is -0.353 e. The van der Waals surface area contributed by atoms with Crippen LogP contribution in [0.5, 0.6) is 0 Å². The van der Waals surface area contributed by atoms with Crippen LogP contribution in [0, 0.1) is 0 Å². The SMILES string of the molecule is O=c1[nH]c2ccc(S(=O)(=O)N3CCN(c4ncnc5scc(-c6ccccc6)c45)CC3)cc2[nH]1. The number of imidazole rings is 1. The number of nitrogens with zero attached hydrogens (tertiary/aromatic N) is 4. The fraction of sp³-hybridized carbons (Fsp3) is 0.174. The minimum absolute atomic E-state index is 0.164. The standard InChI is InChI=1S/C23H20N6O3S2/c30-23-26-18-7-6-16(12-19(18)27-23)34(31,32)29-10-8-28(9-11-29)21-20-17(15-4-2-1-3-5-15)13-33-22(20)25-14-24-21/h1-7,12-14H,8-11H2,(H2,26,27,30). The van der Waals surface area contributed by atoms with Gasteiger partial charge in [0.1, 0.15) is 17.0 Å². The third kappa shape index (κ3) is 3.49. The number of sulfonamides is 1. The highest BCUT2D eigenvalue weighted by atomic mass is 32.2. The molecule has 0 radical (unpaired) electrons. The summed E-state index contributed by atoms with van der Waals surface area (Å²) in [6.07, 6.45) is 1.57. The smallest absolute Gasteiger partial charge is 0.323 e. The number of fused-ring (bicyclic) bond motifs is 2. The van der Waals surface area contributed by atoms with Crippen LogP contribution in [0.2, 0.25) is 0 Å². The molecule has 0 aliphatic carbocycles. The van der Waals surface area contributed by atoms with Gasteiger partial charge in [0, 0.05) is 37.1 Å². The lowest BCUT2D eigenvalue weighted by Crippen LogP contribution is -2.49. The van der Waals surface area contributed by atoms with Gasteiger partial charge in [-0.2, -0.15) is 4.31 Å². The summed E-state index contributed by atoms with van der Waals surface area (Å²) in [5.74, 6) is 0.827. The van der Waals surface area contributed by atoms with Crippen molar-refractivity contribution in [3.05, 3.63) is 70.7 Å². The lowest BCUT2D eigenvalue weighted by Gasteiger charge is -2.35. The molecule has 4 heterocycles. The van der Waals surface area contributed by atoms with Crippen molar-refractivity contribution in [2.24, 2.45) is 0 Å². The van der Waals surface area contributed by atoms with E-state index in [9.17, 15) is 13.2 Å². The first-order valence-corrected chi connectivity index (χ1v) is 13.1. The highest BCUT2D eigenvalue weighted by molar-refractivity contribution is 7.89. The molecule has 3 aromatic heterocycles. The van der Waals surface area contributed by atoms with E-state index in [4.69, 9.17) is 0 Å². The third-order valence-electron chi connectivity index (χ3n) is 6.10. The number of aromatic amines is 2. The van der Waals surface area contributed by atoms with Crippen LogP contribution in [0.25, 0.3) is 32.4 Å². The fourth-order valence-corrected chi connectivity index (χ4v) is 6.75. The van der Waals surface area contributed by atoms with Crippen molar-refractivity contribution in [2.75, 3.05) is 31.1 Å². The molecule has 1 fully saturated rings. The first kappa shape index (κ1) is 21.0. The quantitative estimate of drug-likeness (QED) is 0.399. The normalized spacial score (nSPS) is 15.4. The molecule has 5 aromatic rings. The van der Waals surface area contributed by atoms with Gasteiger partial charge in [0.25, 0.3) is 0 Å². The Bertz CT molecular complexity index is 1670. The van der Waals surface area contributed by atoms with Crippen molar-refractivity contribution in [3.8, 4) is 11.1 Å². The van der Waals surface area contributed by atoms with E-state index in [0.717, 1.165) is 27.2 Å². The Hall–Kier alpha value is -3.54. The molecule has 2 N–H and O–H groups in total. The van der Waals surface area contributed by atoms with Gasteiger partial charge in [-0.1, -0.05) is 30.3 Å². The summed E-state index contributed by atoms with van der Waals surface area (Å²) in [5.41, 5.74) is 2.87. The highest BCUT2D eigenvalue weighted by Gasteiger charge is 2.30. The van der Waals surface area contributed by atoms with Crippen molar-refractivity contribution in [1.82, 2.24) is 24.2 Å². The van der Waals surface area contributed by atoms with E-state index in [-0.39, 0.29) is 10.6 Å². The zero-order chi connectivity index (χ0) is 23.3. The molecule has 9 nitrogen and oxygen atoms in total. The van der Waals surface area contributed by atoms with Crippen LogP contribution in [-0.4, -0.2) is 58.8 Å². The van der Waals surface area contributed by atoms with Crippen LogP contribution in [0.1, 0.15) is 0 Å². The summed E-state index contributed by atoms with van der Waals surface area (Å²) in [6.45, 7) is 1.69. The second kappa shape index (κ2) is 8.05. The Kier molecular flexibility index (Phi) is 4.97. The molecule has 0 unspecified atom stereocenters. The summed E-state index contributed by atoms with van der Waals surface area (Å²) < 4.78 is 28.0. The predicted octanol–water partition coefficient (Wildman–Crippen LogP) is 3.04. The first-order chi connectivity index (χ1) is 16.5. The maximum absolute atomic E-state index is 13.3. The Labute approximate surface area is 198 Å². The largest absolute Gasteiger partial charge is 0.353 e. The molecule has 0 amide bonds. The van der Waals surface area contributed by atoms with Crippen LogP contribution in [0.15, 0.2) is 69.9 Å². The van der Waals surface area contributed by atoms with E-state index < -0.39 is 10.0 Å². The maximum atomic E-state index is 13.3. The zero-order valence-corrected chi connectivity index (χ0v) is 19.6. The van der Waals surface area contributed by atoms with Crippen molar-refractivity contribution in [1.29, 1.82) is 0 Å². The number of nitrogens with one attached hydrogen (secondary N) is 2. The van der Waals surface area contributed by atoms with Gasteiger partial charge in [-0.15, -0.1) is 11.3 Å². The molecule has 34 heavy (non-hydrogen) atoms. The second-order valence-corrected chi connectivity index (χ2v) is 10.9. The number of H-pyrrole nitrogens is 2. The summed E-state index contributed by atoms with van der Waals surface area (Å²) in [6, 6.07) is 14.8. The van der Waals surface area contributed by atoms with Gasteiger partial charge in [-0.05, 0) is 23.8 Å². The molecule has 172 valence electrons. The number of rotatable bonds is 4. The molecule has 6 rings (SSSR count). The Morgan fingerprint density at radius 2 is 1.68 bits per heavy atom. The van der Waals surface area contributed by atoms with Crippen molar-refractivity contribution >= 4 is 48.4 Å². The summed E-state index contributed by atoms with van der Waals surface area (Å²) in [5, 5.41) is 3.09. The average Bonchev–Trinajstić information content (AvgIpc) is 3.46. The number of hydrogen-bond acceptors (Lipinski definition) is 7. The first-order valence-electron chi connectivity index (χ1n) is 10.8. The summed E-state index contributed by atoms with van der Waals surface area (Å²) in [7, 11) is -3.69. The van der Waals surface area contributed by atoms with E-state index in [1.54, 1.807) is 23.7 Å². The Morgan fingerprint density at radius 1 is 0.912 bits per heavy atom. The molecule has 1 aliphatic heterocycles. The second-order valence-electron chi connectivity index (χ2n) is 8.07. The van der Waals surface area contributed by atoms with Gasteiger partial charge in [-0.25, -0.2) is 23.2 Å². The highest BCUT2D eigenvalue weighted by Crippen LogP contribution is 2.38. The molecule has 2 aromatic carbocycles. The predicted molar refractivity (Wildman–Crippen MR) is 133 cm³/mol. The van der Waals surface area contributed by atoms with Crippen molar-refractivity contribution < 1.29 is 8.42 Å². The average molecular weight is 493 g/mol. The van der Waals surface area contributed by atoms with Crippen LogP contribution >= 0.6 is 11.3 Å². The number of aromatic nitrogens is 4. The van der Waals surface area contributed by atoms with E-state index >= 15 is 0 Å². The van der Waals surface area contributed by atoms with Gasteiger partial charge in [0.05, 0.1) is 21.3 Å². The van der Waals surface area contributed by atoms with E-state index in [2.05, 4.69) is 42.3 Å². The molecular formula is C23H20N6O3S2. The molecule has 11 heteroatoms. The van der Waals surface area contributed by atoms with Crippen molar-refractivity contribution in [3.63, 3.8) is 0 Å². The van der Waals surface area contributed by atoms with E-state index in [1.807, 2.05) is 18.2 Å². The van der Waals surface area contributed by atoms with Gasteiger partial charge in [-0.3, -0.25) is 0 Å². The summed E-state index contributed by atoms with van der Waals surface area (Å²) >= 11 is 1.58. The molecular weight excluding hydrogens is 472 g/mol. The topological polar surface area (TPSA) is 115 Å². The van der Waals surface area contributed by atoms with E-state index in [1.165, 1.54) is 16.4 Å². The van der Waals surface area contributed by atoms with Gasteiger partial charge < -0.3 is 14.9 Å². The summed E-state index contributed by atoms with van der Waals surface area (Å²) in [4.78, 5) is 29.0. The van der Waals surface area contributed by atoms with Crippen LogP contribution < -0.4 is 10.6 Å². The van der Waals surface area contributed by atoms with Gasteiger partial charge >= 0.3 is 5.69 Å². The molecule has 1 saturated heterocycles. The monoisotopic (exact) mass is 492 g/mol. The number of anilines is 1. The van der Waals surface area contributed by atoms with Gasteiger partial charge in [0.15, 0.2) is 0 Å². The molecule has 0 spiro atoms. The van der Waals surface area contributed by atoms with Gasteiger partial charge in [0.2, 0.25) is 10.0 Å². The third-order valence-corrected chi connectivity index (χ3v) is 8.88. The van der Waals surface area contributed by atoms with Crippen LogP contribution in [0.4, 0.5) is 5.82 Å². The molecule has 0 saturated carbocycles. The van der Waals surface area contributed by atoms with Crippen molar-refractivity contribution in [2.45, 2.75) is 4.90 Å². The molecule has 0 atom stereocenters. The number of piperazine rings is 1. The Morgan fingerprint density at radius 3 is 2.47 bits per heavy atom. The zero-order valence-electron chi connectivity index (χ0n) is 17.9. The van der Waals surface area contributed by atoms with E-state index in [0.29, 0.717) is 37.2 Å². The fourth-order valence-electron chi connectivity index (χ4n) is 4.39. The number of benzene rings is 2. The lowest BCUT2D eigenvalue weighted by molar-refractivity contribution is 0.384.